The first kappa shape index (κ1) is 12.1. The van der Waals surface area contributed by atoms with Crippen molar-refractivity contribution < 1.29 is 9.47 Å². The lowest BCUT2D eigenvalue weighted by Gasteiger charge is -2.04. The second-order valence-corrected chi connectivity index (χ2v) is 3.42. The highest BCUT2D eigenvalue weighted by Crippen LogP contribution is 2.12. The molecule has 0 N–H and O–H groups in total. The second-order valence-electron chi connectivity index (χ2n) is 3.42. The quantitative estimate of drug-likeness (QED) is 0.640. The fraction of sp³-hybridized carbons (Fsp3) is 0.462. The molecule has 1 radical (unpaired) electrons. The Morgan fingerprint density at radius 2 is 1.87 bits per heavy atom. The number of benzene rings is 1. The smallest absolute Gasteiger partial charge is 0.118 e. The van der Waals surface area contributed by atoms with Crippen molar-refractivity contribution in [2.75, 3.05) is 20.3 Å². The molecule has 0 saturated heterocycles. The van der Waals surface area contributed by atoms with Crippen LogP contribution in [0.4, 0.5) is 0 Å². The van der Waals surface area contributed by atoms with Crippen molar-refractivity contribution in [3.8, 4) is 5.75 Å². The van der Waals surface area contributed by atoms with Gasteiger partial charge in [-0.3, -0.25) is 0 Å². The maximum atomic E-state index is 5.36. The molecule has 0 heterocycles. The highest BCUT2D eigenvalue weighted by Gasteiger charge is 1.94. The molecule has 0 spiro atoms. The third-order valence-corrected chi connectivity index (χ3v) is 2.20. The van der Waals surface area contributed by atoms with Crippen LogP contribution in [0, 0.1) is 6.92 Å². The lowest BCUT2D eigenvalue weighted by Crippen LogP contribution is -1.97. The lowest BCUT2D eigenvalue weighted by molar-refractivity contribution is 0.136. The molecule has 1 aromatic carbocycles. The number of methoxy groups -OCH3 is 1. The van der Waals surface area contributed by atoms with Crippen LogP contribution in [0.3, 0.4) is 0 Å². The van der Waals surface area contributed by atoms with E-state index in [0.717, 1.165) is 38.2 Å². The zero-order chi connectivity index (χ0) is 10.9. The minimum Gasteiger partial charge on any atom is -0.497 e. The predicted octanol–water partition coefficient (Wildman–Crippen LogP) is 2.87. The molecule has 0 aromatic heterocycles. The van der Waals surface area contributed by atoms with E-state index in [4.69, 9.17) is 9.47 Å². The summed E-state index contributed by atoms with van der Waals surface area (Å²) < 4.78 is 10.5. The average molecular weight is 207 g/mol. The van der Waals surface area contributed by atoms with Crippen LogP contribution in [0.25, 0.3) is 0 Å². The molecule has 15 heavy (non-hydrogen) atoms. The van der Waals surface area contributed by atoms with Crippen LogP contribution < -0.4 is 4.74 Å². The van der Waals surface area contributed by atoms with Crippen molar-refractivity contribution in [2.45, 2.75) is 19.3 Å². The highest BCUT2D eigenvalue weighted by atomic mass is 16.5. The maximum absolute atomic E-state index is 5.36. The van der Waals surface area contributed by atoms with Gasteiger partial charge in [-0.05, 0) is 37.0 Å². The summed E-state index contributed by atoms with van der Waals surface area (Å²) in [6.07, 6.45) is 2.97. The third-order valence-electron chi connectivity index (χ3n) is 2.20. The number of ether oxygens (including phenoxy) is 2. The van der Waals surface area contributed by atoms with Crippen molar-refractivity contribution in [3.63, 3.8) is 0 Å². The molecule has 1 aromatic rings. The van der Waals surface area contributed by atoms with Crippen LogP contribution in [0.15, 0.2) is 24.3 Å². The van der Waals surface area contributed by atoms with Crippen LogP contribution in [0.1, 0.15) is 18.4 Å². The van der Waals surface area contributed by atoms with E-state index in [0.29, 0.717) is 0 Å². The van der Waals surface area contributed by atoms with Gasteiger partial charge in [0.15, 0.2) is 0 Å². The van der Waals surface area contributed by atoms with E-state index in [-0.39, 0.29) is 0 Å². The maximum Gasteiger partial charge on any atom is 0.118 e. The summed E-state index contributed by atoms with van der Waals surface area (Å²) in [5, 5.41) is 0. The molecule has 2 nitrogen and oxygen atoms in total. The van der Waals surface area contributed by atoms with Crippen LogP contribution in [0.5, 0.6) is 5.75 Å². The molecule has 0 amide bonds. The van der Waals surface area contributed by atoms with E-state index in [1.807, 2.05) is 12.1 Å². The molecule has 0 unspecified atom stereocenters. The van der Waals surface area contributed by atoms with Gasteiger partial charge in [-0.25, -0.2) is 0 Å². The van der Waals surface area contributed by atoms with Crippen molar-refractivity contribution in [2.24, 2.45) is 0 Å². The summed E-state index contributed by atoms with van der Waals surface area (Å²) in [6.45, 7) is 5.31. The van der Waals surface area contributed by atoms with Crippen LogP contribution in [0.2, 0.25) is 0 Å². The van der Waals surface area contributed by atoms with Gasteiger partial charge in [0.1, 0.15) is 5.75 Å². The summed E-state index contributed by atoms with van der Waals surface area (Å²) in [5.41, 5.74) is 1.33. The molecule has 0 atom stereocenters. The number of hydrogen-bond acceptors (Lipinski definition) is 2. The topological polar surface area (TPSA) is 18.5 Å². The average Bonchev–Trinajstić information content (AvgIpc) is 2.30. The van der Waals surface area contributed by atoms with Gasteiger partial charge in [-0.2, -0.15) is 0 Å². The van der Waals surface area contributed by atoms with Gasteiger partial charge >= 0.3 is 0 Å². The van der Waals surface area contributed by atoms with Gasteiger partial charge in [0, 0.05) is 13.2 Å². The monoisotopic (exact) mass is 207 g/mol. The zero-order valence-electron chi connectivity index (χ0n) is 9.37. The predicted molar refractivity (Wildman–Crippen MR) is 62.1 cm³/mol. The zero-order valence-corrected chi connectivity index (χ0v) is 9.37. The Balaban J connectivity index is 2.20. The Morgan fingerprint density at radius 3 is 2.47 bits per heavy atom. The number of hydrogen-bond donors (Lipinski definition) is 0. The molecule has 0 fully saturated rings. The van der Waals surface area contributed by atoms with E-state index < -0.39 is 0 Å². The number of aryl methyl sites for hydroxylation is 1. The minimum atomic E-state index is 0.766. The van der Waals surface area contributed by atoms with Crippen LogP contribution >= 0.6 is 0 Å². The van der Waals surface area contributed by atoms with E-state index in [1.165, 1.54) is 5.56 Å². The first-order chi connectivity index (χ1) is 7.36. The minimum absolute atomic E-state index is 0.766. The van der Waals surface area contributed by atoms with Gasteiger partial charge in [-0.1, -0.05) is 19.1 Å². The fourth-order valence-electron chi connectivity index (χ4n) is 1.37. The molecule has 2 heteroatoms. The van der Waals surface area contributed by atoms with E-state index in [2.05, 4.69) is 19.1 Å². The first-order valence-electron chi connectivity index (χ1n) is 5.36. The van der Waals surface area contributed by atoms with Gasteiger partial charge in [-0.15, -0.1) is 0 Å². The van der Waals surface area contributed by atoms with Crippen molar-refractivity contribution in [1.82, 2.24) is 0 Å². The summed E-state index contributed by atoms with van der Waals surface area (Å²) in [4.78, 5) is 0. The van der Waals surface area contributed by atoms with Gasteiger partial charge < -0.3 is 9.47 Å². The summed E-state index contributed by atoms with van der Waals surface area (Å²) in [7, 11) is 1.68. The third kappa shape index (κ3) is 4.84. The molecular formula is C13H19O2. The molecule has 1 rings (SSSR count). The summed E-state index contributed by atoms with van der Waals surface area (Å²) >= 11 is 0. The fourth-order valence-corrected chi connectivity index (χ4v) is 1.37. The Bertz CT molecular complexity index is 254. The molecule has 0 aliphatic heterocycles. The largest absolute Gasteiger partial charge is 0.497 e. The second kappa shape index (κ2) is 7.30. The van der Waals surface area contributed by atoms with E-state index in [9.17, 15) is 0 Å². The lowest BCUT2D eigenvalue weighted by atomic mass is 10.1. The van der Waals surface area contributed by atoms with Crippen LogP contribution in [-0.2, 0) is 11.2 Å². The molecule has 0 aliphatic rings. The van der Waals surface area contributed by atoms with Gasteiger partial charge in [0.2, 0.25) is 0 Å². The van der Waals surface area contributed by atoms with Crippen molar-refractivity contribution >= 4 is 0 Å². The molecule has 0 saturated carbocycles. The van der Waals surface area contributed by atoms with Gasteiger partial charge in [0.05, 0.1) is 7.11 Å². The Labute approximate surface area is 92.2 Å². The SMILES string of the molecule is [CH2]CCOCCCc1ccc(OC)cc1. The van der Waals surface area contributed by atoms with Crippen LogP contribution in [-0.4, -0.2) is 20.3 Å². The highest BCUT2D eigenvalue weighted by molar-refractivity contribution is 5.27. The Morgan fingerprint density at radius 1 is 1.13 bits per heavy atom. The number of rotatable bonds is 7. The summed E-state index contributed by atoms with van der Waals surface area (Å²) in [6, 6.07) is 8.18. The van der Waals surface area contributed by atoms with E-state index >= 15 is 0 Å². The molecule has 0 bridgehead atoms. The molecule has 83 valence electrons. The Kier molecular flexibility index (Phi) is 5.86. The Hall–Kier alpha value is -1.02. The van der Waals surface area contributed by atoms with Gasteiger partial charge in [0.25, 0.3) is 0 Å². The first-order valence-corrected chi connectivity index (χ1v) is 5.36. The van der Waals surface area contributed by atoms with Crippen molar-refractivity contribution in [3.05, 3.63) is 36.8 Å². The molecule has 0 aliphatic carbocycles. The summed E-state index contributed by atoms with van der Waals surface area (Å²) in [5.74, 6) is 0.909. The molecular weight excluding hydrogens is 188 g/mol. The van der Waals surface area contributed by atoms with E-state index in [1.54, 1.807) is 7.11 Å². The normalized spacial score (nSPS) is 10.3. The van der Waals surface area contributed by atoms with Crippen molar-refractivity contribution in [1.29, 1.82) is 0 Å². The standard InChI is InChI=1S/C13H19O2/c1-3-10-15-11-4-5-12-6-8-13(14-2)9-7-12/h6-9H,1,3-5,10-11H2,2H3.